The maximum absolute atomic E-state index is 11.9. The third kappa shape index (κ3) is 2.49. The molecule has 2 heterocycles. The third-order valence-corrected chi connectivity index (χ3v) is 4.40. The lowest BCUT2D eigenvalue weighted by Crippen LogP contribution is -2.35. The zero-order valence-electron chi connectivity index (χ0n) is 13.4. The number of nitrogens with zero attached hydrogens (tertiary/aromatic N) is 2. The fourth-order valence-electron chi connectivity index (χ4n) is 2.58. The van der Waals surface area contributed by atoms with E-state index < -0.39 is 0 Å². The molecule has 6 heteroatoms. The molecule has 0 saturated heterocycles. The Kier molecular flexibility index (Phi) is 4.30. The maximum Gasteiger partial charge on any atom is 0.256 e. The van der Waals surface area contributed by atoms with E-state index in [1.54, 1.807) is 27.7 Å². The van der Waals surface area contributed by atoms with Crippen LogP contribution < -0.4 is 0 Å². The highest BCUT2D eigenvalue weighted by atomic mass is 16.2. The van der Waals surface area contributed by atoms with Crippen LogP contribution in [0.1, 0.15) is 40.5 Å². The number of carbonyl (C=O) groups is 4. The van der Waals surface area contributed by atoms with Crippen LogP contribution in [0.15, 0.2) is 22.3 Å². The number of amides is 4. The largest absolute Gasteiger partial charge is 0.275 e. The molecule has 2 rings (SSSR count). The summed E-state index contributed by atoms with van der Waals surface area (Å²) in [5.41, 5.74) is 1.96. The number of carbonyl (C=O) groups excluding carboxylic acids is 4. The van der Waals surface area contributed by atoms with Crippen LogP contribution in [0.5, 0.6) is 0 Å². The molecule has 0 aromatic rings. The van der Waals surface area contributed by atoms with E-state index in [4.69, 9.17) is 0 Å². The number of hydrogen-bond donors (Lipinski definition) is 0. The maximum atomic E-state index is 11.9. The smallest absolute Gasteiger partial charge is 0.256 e. The molecular formula is C16H20N2O4. The molecule has 0 atom stereocenters. The second-order valence-corrected chi connectivity index (χ2v) is 5.73. The fraction of sp³-hybridized carbons (Fsp3) is 0.500. The Balaban J connectivity index is 1.83. The topological polar surface area (TPSA) is 74.8 Å². The molecule has 0 N–H and O–H groups in total. The van der Waals surface area contributed by atoms with Gasteiger partial charge in [-0.05, 0) is 40.5 Å². The average molecular weight is 304 g/mol. The predicted octanol–water partition coefficient (Wildman–Crippen LogP) is 1.18. The van der Waals surface area contributed by atoms with Gasteiger partial charge >= 0.3 is 0 Å². The van der Waals surface area contributed by atoms with Crippen LogP contribution in [-0.2, 0) is 19.2 Å². The standard InChI is InChI=1S/C16H20N2O4/c1-9-10(2)14(20)17(13(9)19)7-5-6-8-18-15(21)11(3)12(4)16(18)22/h5-8H2,1-4H3. The van der Waals surface area contributed by atoms with Crippen molar-refractivity contribution in [1.82, 2.24) is 9.80 Å². The zero-order valence-corrected chi connectivity index (χ0v) is 13.4. The average Bonchev–Trinajstić information content (AvgIpc) is 2.79. The van der Waals surface area contributed by atoms with E-state index in [2.05, 4.69) is 0 Å². The minimum atomic E-state index is -0.246. The van der Waals surface area contributed by atoms with Crippen molar-refractivity contribution in [2.24, 2.45) is 0 Å². The summed E-state index contributed by atoms with van der Waals surface area (Å²) in [4.78, 5) is 50.0. The number of unbranched alkanes of at least 4 members (excludes halogenated alkanes) is 1. The zero-order chi connectivity index (χ0) is 16.6. The van der Waals surface area contributed by atoms with E-state index in [1.807, 2.05) is 0 Å². The van der Waals surface area contributed by atoms with Gasteiger partial charge in [0, 0.05) is 35.4 Å². The minimum absolute atomic E-state index is 0.246. The lowest BCUT2D eigenvalue weighted by Gasteiger charge is -2.17. The molecule has 0 spiro atoms. The van der Waals surface area contributed by atoms with Crippen LogP contribution in [0.25, 0.3) is 0 Å². The van der Waals surface area contributed by atoms with Crippen LogP contribution in [-0.4, -0.2) is 46.5 Å². The quantitative estimate of drug-likeness (QED) is 0.564. The van der Waals surface area contributed by atoms with E-state index >= 15 is 0 Å². The van der Waals surface area contributed by atoms with E-state index in [0.29, 0.717) is 48.2 Å². The number of rotatable bonds is 5. The summed E-state index contributed by atoms with van der Waals surface area (Å²) in [6.45, 7) is 7.22. The second-order valence-electron chi connectivity index (χ2n) is 5.73. The Morgan fingerprint density at radius 3 is 1.00 bits per heavy atom. The fourth-order valence-corrected chi connectivity index (χ4v) is 2.58. The van der Waals surface area contributed by atoms with Crippen molar-refractivity contribution >= 4 is 23.6 Å². The van der Waals surface area contributed by atoms with Crippen molar-refractivity contribution in [2.45, 2.75) is 40.5 Å². The summed E-state index contributed by atoms with van der Waals surface area (Å²) in [5.74, 6) is -0.985. The van der Waals surface area contributed by atoms with Gasteiger partial charge in [-0.25, -0.2) is 0 Å². The molecule has 2 aliphatic heterocycles. The minimum Gasteiger partial charge on any atom is -0.275 e. The second kappa shape index (κ2) is 5.87. The molecule has 0 saturated carbocycles. The van der Waals surface area contributed by atoms with E-state index in [0.717, 1.165) is 0 Å². The van der Waals surface area contributed by atoms with Crippen LogP contribution in [0.4, 0.5) is 0 Å². The Hall–Kier alpha value is -2.24. The van der Waals surface area contributed by atoms with E-state index in [1.165, 1.54) is 9.80 Å². The summed E-state index contributed by atoms with van der Waals surface area (Å²) in [6, 6.07) is 0. The van der Waals surface area contributed by atoms with Gasteiger partial charge in [-0.3, -0.25) is 29.0 Å². The van der Waals surface area contributed by atoms with Gasteiger partial charge in [0.15, 0.2) is 0 Å². The molecule has 0 bridgehead atoms. The van der Waals surface area contributed by atoms with Gasteiger partial charge in [-0.15, -0.1) is 0 Å². The first-order valence-corrected chi connectivity index (χ1v) is 7.34. The van der Waals surface area contributed by atoms with Gasteiger partial charge in [-0.2, -0.15) is 0 Å². The van der Waals surface area contributed by atoms with Crippen LogP contribution in [0.3, 0.4) is 0 Å². The van der Waals surface area contributed by atoms with Crippen molar-refractivity contribution in [3.8, 4) is 0 Å². The first-order chi connectivity index (χ1) is 10.3. The highest BCUT2D eigenvalue weighted by molar-refractivity contribution is 6.19. The summed E-state index contributed by atoms with van der Waals surface area (Å²) in [5, 5.41) is 0. The van der Waals surface area contributed by atoms with Crippen molar-refractivity contribution < 1.29 is 19.2 Å². The first kappa shape index (κ1) is 16.1. The number of hydrogen-bond acceptors (Lipinski definition) is 4. The molecule has 2 aliphatic rings. The van der Waals surface area contributed by atoms with Crippen LogP contribution in [0.2, 0.25) is 0 Å². The Morgan fingerprint density at radius 2 is 0.773 bits per heavy atom. The van der Waals surface area contributed by atoms with Crippen molar-refractivity contribution in [2.75, 3.05) is 13.1 Å². The molecule has 0 aromatic carbocycles. The molecule has 118 valence electrons. The summed E-state index contributed by atoms with van der Waals surface area (Å²) in [6.07, 6.45) is 1.13. The van der Waals surface area contributed by atoms with Crippen molar-refractivity contribution in [3.63, 3.8) is 0 Å². The monoisotopic (exact) mass is 304 g/mol. The van der Waals surface area contributed by atoms with Gasteiger partial charge in [0.2, 0.25) is 0 Å². The van der Waals surface area contributed by atoms with Gasteiger partial charge < -0.3 is 0 Å². The molecule has 4 amide bonds. The third-order valence-electron chi connectivity index (χ3n) is 4.40. The van der Waals surface area contributed by atoms with Gasteiger partial charge in [-0.1, -0.05) is 0 Å². The highest BCUT2D eigenvalue weighted by Crippen LogP contribution is 2.22. The predicted molar refractivity (Wildman–Crippen MR) is 79.4 cm³/mol. The van der Waals surface area contributed by atoms with Gasteiger partial charge in [0.25, 0.3) is 23.6 Å². The van der Waals surface area contributed by atoms with E-state index in [9.17, 15) is 19.2 Å². The van der Waals surface area contributed by atoms with Crippen LogP contribution in [0, 0.1) is 0 Å². The Morgan fingerprint density at radius 1 is 0.545 bits per heavy atom. The molecule has 0 aliphatic carbocycles. The Bertz CT molecular complexity index is 539. The van der Waals surface area contributed by atoms with E-state index in [-0.39, 0.29) is 23.6 Å². The van der Waals surface area contributed by atoms with Crippen LogP contribution >= 0.6 is 0 Å². The van der Waals surface area contributed by atoms with Crippen molar-refractivity contribution in [1.29, 1.82) is 0 Å². The van der Waals surface area contributed by atoms with Gasteiger partial charge in [0.05, 0.1) is 0 Å². The molecule has 6 nitrogen and oxygen atoms in total. The Labute approximate surface area is 129 Å². The normalized spacial score (nSPS) is 19.5. The lowest BCUT2D eigenvalue weighted by atomic mass is 10.2. The molecule has 22 heavy (non-hydrogen) atoms. The molecule has 0 unspecified atom stereocenters. The van der Waals surface area contributed by atoms with Gasteiger partial charge in [0.1, 0.15) is 0 Å². The first-order valence-electron chi connectivity index (χ1n) is 7.34. The number of imide groups is 2. The van der Waals surface area contributed by atoms with Crippen molar-refractivity contribution in [3.05, 3.63) is 22.3 Å². The summed E-state index contributed by atoms with van der Waals surface area (Å²) in [7, 11) is 0. The highest BCUT2D eigenvalue weighted by Gasteiger charge is 2.34. The molecule has 0 fully saturated rings. The molecular weight excluding hydrogens is 284 g/mol. The lowest BCUT2D eigenvalue weighted by molar-refractivity contribution is -0.140. The summed E-state index contributed by atoms with van der Waals surface area (Å²) >= 11 is 0. The molecule has 0 aromatic heterocycles. The molecule has 0 radical (unpaired) electrons. The summed E-state index contributed by atoms with van der Waals surface area (Å²) < 4.78 is 0. The SMILES string of the molecule is CC1=C(C)C(=O)N(CCCCN2C(=O)C(C)=C(C)C2=O)C1=O.